The summed E-state index contributed by atoms with van der Waals surface area (Å²) in [6.45, 7) is 6.41. The van der Waals surface area contributed by atoms with Gasteiger partial charge in [0.15, 0.2) is 0 Å². The number of hydrogen-bond donors (Lipinski definition) is 2. The molecule has 0 saturated heterocycles. The Hall–Kier alpha value is -1.26. The van der Waals surface area contributed by atoms with Gasteiger partial charge in [-0.1, -0.05) is 18.5 Å². The number of amides is 1. The number of likely N-dealkylation sites (N-methyl/N-ethyl adjacent to an activating group) is 1. The second-order valence-corrected chi connectivity index (χ2v) is 5.60. The van der Waals surface area contributed by atoms with E-state index in [2.05, 4.69) is 10.6 Å². The summed E-state index contributed by atoms with van der Waals surface area (Å²) in [5.41, 5.74) is 1.01. The van der Waals surface area contributed by atoms with Crippen molar-refractivity contribution >= 4 is 28.9 Å². The number of hydrogen-bond acceptors (Lipinski definition) is 3. The second-order valence-electron chi connectivity index (χ2n) is 5.17. The number of carbonyl (C=O) groups is 1. The lowest BCUT2D eigenvalue weighted by atomic mass is 10.0. The van der Waals surface area contributed by atoms with Gasteiger partial charge in [-0.25, -0.2) is 0 Å². The van der Waals surface area contributed by atoms with Crippen molar-refractivity contribution in [2.24, 2.45) is 0 Å². The molecule has 0 spiro atoms. The molecule has 19 heavy (non-hydrogen) atoms. The van der Waals surface area contributed by atoms with Crippen LogP contribution in [0.25, 0.3) is 0 Å². The average molecular weight is 284 g/mol. The number of benzene rings is 1. The highest BCUT2D eigenvalue weighted by Gasteiger charge is 2.26. The third kappa shape index (κ3) is 4.11. The molecule has 0 aromatic heterocycles. The van der Waals surface area contributed by atoms with Crippen molar-refractivity contribution in [1.82, 2.24) is 5.32 Å². The molecule has 1 amide bonds. The van der Waals surface area contributed by atoms with E-state index < -0.39 is 5.54 Å². The molecular weight excluding hydrogens is 262 g/mol. The van der Waals surface area contributed by atoms with Crippen LogP contribution in [-0.4, -0.2) is 32.1 Å². The lowest BCUT2D eigenvalue weighted by Gasteiger charge is -2.26. The molecule has 2 N–H and O–H groups in total. The Morgan fingerprint density at radius 3 is 2.53 bits per heavy atom. The van der Waals surface area contributed by atoms with Gasteiger partial charge in [-0.3, -0.25) is 4.79 Å². The largest absolute Gasteiger partial charge is 0.376 e. The summed E-state index contributed by atoms with van der Waals surface area (Å²) in [4.78, 5) is 14.2. The topological polar surface area (TPSA) is 44.4 Å². The first-order valence-electron chi connectivity index (χ1n) is 6.31. The third-order valence-electron chi connectivity index (χ3n) is 2.87. The molecule has 0 heterocycles. The maximum absolute atomic E-state index is 12.3. The summed E-state index contributed by atoms with van der Waals surface area (Å²) in [6.07, 6.45) is 0. The molecule has 0 radical (unpaired) electrons. The van der Waals surface area contributed by atoms with E-state index in [4.69, 9.17) is 11.6 Å². The van der Waals surface area contributed by atoms with Crippen LogP contribution in [0.2, 0.25) is 5.02 Å². The monoisotopic (exact) mass is 283 g/mol. The predicted molar refractivity (Wildman–Crippen MR) is 82.2 cm³/mol. The fraction of sp³-hybridized carbons (Fsp3) is 0.500. The molecule has 1 aromatic carbocycles. The molecule has 5 heteroatoms. The average Bonchev–Trinajstić information content (AvgIpc) is 2.28. The highest BCUT2D eigenvalue weighted by atomic mass is 35.5. The van der Waals surface area contributed by atoms with Gasteiger partial charge in [0.05, 0.1) is 16.9 Å². The van der Waals surface area contributed by atoms with Crippen molar-refractivity contribution in [3.8, 4) is 0 Å². The van der Waals surface area contributed by atoms with Gasteiger partial charge in [0.2, 0.25) is 5.91 Å². The van der Waals surface area contributed by atoms with Crippen molar-refractivity contribution < 1.29 is 4.79 Å². The molecule has 0 fully saturated rings. The van der Waals surface area contributed by atoms with Crippen LogP contribution in [0.5, 0.6) is 0 Å². The zero-order valence-electron chi connectivity index (χ0n) is 12.2. The van der Waals surface area contributed by atoms with E-state index in [1.807, 2.05) is 51.9 Å². The quantitative estimate of drug-likeness (QED) is 0.873. The van der Waals surface area contributed by atoms with E-state index in [-0.39, 0.29) is 5.91 Å². The van der Waals surface area contributed by atoms with Gasteiger partial charge in [-0.05, 0) is 38.6 Å². The van der Waals surface area contributed by atoms with E-state index in [0.29, 0.717) is 10.7 Å². The minimum atomic E-state index is -0.624. The fourth-order valence-electron chi connectivity index (χ4n) is 1.80. The molecule has 0 aliphatic rings. The number of halogens is 1. The molecule has 4 nitrogen and oxygen atoms in total. The maximum atomic E-state index is 12.3. The Bertz CT molecular complexity index is 458. The molecule has 0 bridgehead atoms. The lowest BCUT2D eigenvalue weighted by Crippen LogP contribution is -2.49. The number of anilines is 2. The molecule has 0 unspecified atom stereocenters. The predicted octanol–water partition coefficient (Wildman–Crippen LogP) is 2.73. The summed E-state index contributed by atoms with van der Waals surface area (Å²) >= 11 is 5.99. The highest BCUT2D eigenvalue weighted by Crippen LogP contribution is 2.28. The molecular formula is C14H22ClN3O. The van der Waals surface area contributed by atoms with Crippen molar-refractivity contribution in [2.45, 2.75) is 26.3 Å². The van der Waals surface area contributed by atoms with Gasteiger partial charge in [-0.15, -0.1) is 0 Å². The van der Waals surface area contributed by atoms with Crippen LogP contribution in [0, 0.1) is 0 Å². The van der Waals surface area contributed by atoms with Crippen molar-refractivity contribution in [3.63, 3.8) is 0 Å². The standard InChI is InChI=1S/C14H22ClN3O/c1-6-16-14(2,3)13(19)17-11-9-10(15)7-8-12(11)18(4)5/h7-9,16H,6H2,1-5H3,(H,17,19). The Morgan fingerprint density at radius 1 is 1.37 bits per heavy atom. The van der Waals surface area contributed by atoms with Gasteiger partial charge >= 0.3 is 0 Å². The first-order chi connectivity index (χ1) is 8.77. The summed E-state index contributed by atoms with van der Waals surface area (Å²) in [5.74, 6) is -0.0836. The Labute approximate surface area is 120 Å². The molecule has 106 valence electrons. The van der Waals surface area contributed by atoms with E-state index in [9.17, 15) is 4.79 Å². The summed E-state index contributed by atoms with van der Waals surface area (Å²) in [5, 5.41) is 6.68. The Balaban J connectivity index is 2.99. The van der Waals surface area contributed by atoms with Gasteiger partial charge in [0.25, 0.3) is 0 Å². The summed E-state index contributed by atoms with van der Waals surface area (Å²) < 4.78 is 0. The fourth-order valence-corrected chi connectivity index (χ4v) is 1.97. The Kier molecular flexibility index (Phi) is 5.20. The number of rotatable bonds is 5. The van der Waals surface area contributed by atoms with E-state index in [0.717, 1.165) is 12.2 Å². The molecule has 1 rings (SSSR count). The van der Waals surface area contributed by atoms with Crippen molar-refractivity contribution in [1.29, 1.82) is 0 Å². The van der Waals surface area contributed by atoms with E-state index in [1.165, 1.54) is 0 Å². The van der Waals surface area contributed by atoms with Gasteiger partial charge in [0, 0.05) is 19.1 Å². The maximum Gasteiger partial charge on any atom is 0.244 e. The van der Waals surface area contributed by atoms with Crippen LogP contribution in [0.3, 0.4) is 0 Å². The van der Waals surface area contributed by atoms with Gasteiger partial charge < -0.3 is 15.5 Å². The number of carbonyl (C=O) groups excluding carboxylic acids is 1. The highest BCUT2D eigenvalue weighted by molar-refractivity contribution is 6.31. The van der Waals surface area contributed by atoms with E-state index >= 15 is 0 Å². The van der Waals surface area contributed by atoms with Crippen LogP contribution < -0.4 is 15.5 Å². The second kappa shape index (κ2) is 6.26. The summed E-state index contributed by atoms with van der Waals surface area (Å²) in [6, 6.07) is 5.46. The first kappa shape index (κ1) is 15.8. The number of nitrogens with one attached hydrogen (secondary N) is 2. The normalized spacial score (nSPS) is 11.3. The summed E-state index contributed by atoms with van der Waals surface area (Å²) in [7, 11) is 3.85. The molecule has 0 aliphatic heterocycles. The van der Waals surface area contributed by atoms with Gasteiger partial charge in [-0.2, -0.15) is 0 Å². The van der Waals surface area contributed by atoms with Crippen LogP contribution in [0.4, 0.5) is 11.4 Å². The van der Waals surface area contributed by atoms with Crippen LogP contribution in [0.15, 0.2) is 18.2 Å². The van der Waals surface area contributed by atoms with Gasteiger partial charge in [0.1, 0.15) is 0 Å². The minimum absolute atomic E-state index is 0.0836. The third-order valence-corrected chi connectivity index (χ3v) is 3.11. The zero-order valence-corrected chi connectivity index (χ0v) is 12.9. The Morgan fingerprint density at radius 2 is 2.00 bits per heavy atom. The smallest absolute Gasteiger partial charge is 0.244 e. The van der Waals surface area contributed by atoms with Crippen molar-refractivity contribution in [3.05, 3.63) is 23.2 Å². The van der Waals surface area contributed by atoms with Crippen LogP contribution in [-0.2, 0) is 4.79 Å². The van der Waals surface area contributed by atoms with Crippen LogP contribution >= 0.6 is 11.6 Å². The first-order valence-corrected chi connectivity index (χ1v) is 6.69. The number of nitrogens with zero attached hydrogens (tertiary/aromatic N) is 1. The van der Waals surface area contributed by atoms with Crippen LogP contribution in [0.1, 0.15) is 20.8 Å². The molecule has 1 aromatic rings. The lowest BCUT2D eigenvalue weighted by molar-refractivity contribution is -0.121. The van der Waals surface area contributed by atoms with E-state index in [1.54, 1.807) is 6.07 Å². The van der Waals surface area contributed by atoms with Crippen molar-refractivity contribution in [2.75, 3.05) is 30.9 Å². The molecule has 0 saturated carbocycles. The zero-order chi connectivity index (χ0) is 14.6. The molecule has 0 aliphatic carbocycles. The molecule has 0 atom stereocenters. The minimum Gasteiger partial charge on any atom is -0.376 e. The SMILES string of the molecule is CCNC(C)(C)C(=O)Nc1cc(Cl)ccc1N(C)C.